The number of hydrogen-bond acceptors (Lipinski definition) is 5. The molecular formula is C29H28ClNO5. The number of methoxy groups -OCH3 is 1. The number of carbonyl (C=O) groups is 2. The van der Waals surface area contributed by atoms with Crippen LogP contribution < -0.4 is 14.4 Å². The van der Waals surface area contributed by atoms with E-state index in [1.807, 2.05) is 25.1 Å². The molecule has 0 saturated carbocycles. The zero-order valence-electron chi connectivity index (χ0n) is 20.6. The van der Waals surface area contributed by atoms with Gasteiger partial charge in [-0.15, -0.1) is 0 Å². The molecule has 1 heterocycles. The number of ketones is 1. The van der Waals surface area contributed by atoms with Crippen LogP contribution in [0.4, 0.5) is 5.69 Å². The summed E-state index contributed by atoms with van der Waals surface area (Å²) in [6, 6.07) is 18.4. The van der Waals surface area contributed by atoms with Crippen molar-refractivity contribution in [3.63, 3.8) is 0 Å². The van der Waals surface area contributed by atoms with E-state index >= 15 is 0 Å². The van der Waals surface area contributed by atoms with Crippen molar-refractivity contribution in [2.75, 3.05) is 18.6 Å². The van der Waals surface area contributed by atoms with Gasteiger partial charge in [0.25, 0.3) is 11.7 Å². The third kappa shape index (κ3) is 4.95. The molecule has 1 saturated heterocycles. The number of aliphatic hydroxyl groups is 1. The fourth-order valence-corrected chi connectivity index (χ4v) is 4.38. The van der Waals surface area contributed by atoms with E-state index in [2.05, 4.69) is 13.8 Å². The maximum atomic E-state index is 13.4. The zero-order chi connectivity index (χ0) is 26.0. The van der Waals surface area contributed by atoms with Gasteiger partial charge in [0.05, 0.1) is 30.9 Å². The second-order valence-corrected chi connectivity index (χ2v) is 9.56. The number of benzene rings is 3. The van der Waals surface area contributed by atoms with Gasteiger partial charge in [0.1, 0.15) is 17.3 Å². The van der Waals surface area contributed by atoms with Gasteiger partial charge in [0.2, 0.25) is 0 Å². The summed E-state index contributed by atoms with van der Waals surface area (Å²) in [5, 5.41) is 11.8. The van der Waals surface area contributed by atoms with Gasteiger partial charge in [0, 0.05) is 10.7 Å². The number of hydrogen-bond donors (Lipinski definition) is 1. The van der Waals surface area contributed by atoms with Crippen molar-refractivity contribution in [2.24, 2.45) is 5.92 Å². The SMILES string of the molecule is COc1ccc(Cl)cc1/C(O)=C1\C(=O)C(=O)N(c2cccc(C)c2)C1c1ccc(OCC(C)C)cc1. The summed E-state index contributed by atoms with van der Waals surface area (Å²) in [5.74, 6) is -0.500. The summed E-state index contributed by atoms with van der Waals surface area (Å²) in [4.78, 5) is 28.2. The average Bonchev–Trinajstić information content (AvgIpc) is 3.13. The number of nitrogens with zero attached hydrogens (tertiary/aromatic N) is 1. The lowest BCUT2D eigenvalue weighted by atomic mass is 9.94. The van der Waals surface area contributed by atoms with Crippen LogP contribution in [-0.4, -0.2) is 30.5 Å². The number of Topliss-reactive ketones (excluding diaryl/α,β-unsaturated/α-hetero) is 1. The lowest BCUT2D eigenvalue weighted by Gasteiger charge is -2.26. The first-order chi connectivity index (χ1) is 17.2. The van der Waals surface area contributed by atoms with Gasteiger partial charge in [-0.3, -0.25) is 14.5 Å². The molecule has 1 atom stereocenters. The monoisotopic (exact) mass is 505 g/mol. The highest BCUT2D eigenvalue weighted by Crippen LogP contribution is 2.44. The Kier molecular flexibility index (Phi) is 7.36. The molecule has 1 unspecified atom stereocenters. The molecule has 1 aliphatic rings. The summed E-state index contributed by atoms with van der Waals surface area (Å²) in [7, 11) is 1.46. The Bertz CT molecular complexity index is 1330. The van der Waals surface area contributed by atoms with Crippen molar-refractivity contribution in [1.29, 1.82) is 0 Å². The second kappa shape index (κ2) is 10.5. The molecule has 0 spiro atoms. The number of aliphatic hydroxyl groups excluding tert-OH is 1. The highest BCUT2D eigenvalue weighted by Gasteiger charge is 2.47. The summed E-state index contributed by atoms with van der Waals surface area (Å²) in [5.41, 5.74) is 2.32. The normalized spacial score (nSPS) is 17.1. The molecule has 0 aromatic heterocycles. The fraction of sp³-hybridized carbons (Fsp3) is 0.241. The van der Waals surface area contributed by atoms with Crippen molar-refractivity contribution in [3.05, 3.63) is 94.0 Å². The molecule has 7 heteroatoms. The molecule has 0 bridgehead atoms. The molecule has 1 fully saturated rings. The third-order valence-corrected chi connectivity index (χ3v) is 6.16. The van der Waals surface area contributed by atoms with Crippen molar-refractivity contribution in [2.45, 2.75) is 26.8 Å². The van der Waals surface area contributed by atoms with E-state index in [0.717, 1.165) is 5.56 Å². The van der Waals surface area contributed by atoms with Crippen LogP contribution >= 0.6 is 11.6 Å². The summed E-state index contributed by atoms with van der Waals surface area (Å²) in [6.45, 7) is 6.60. The highest BCUT2D eigenvalue weighted by molar-refractivity contribution is 6.51. The zero-order valence-corrected chi connectivity index (χ0v) is 21.4. The van der Waals surface area contributed by atoms with E-state index in [0.29, 0.717) is 40.3 Å². The van der Waals surface area contributed by atoms with Gasteiger partial charge in [-0.05, 0) is 66.4 Å². The van der Waals surface area contributed by atoms with Crippen LogP contribution in [0.25, 0.3) is 5.76 Å². The van der Waals surface area contributed by atoms with E-state index in [1.54, 1.807) is 42.5 Å². The molecular weight excluding hydrogens is 478 g/mol. The molecule has 36 heavy (non-hydrogen) atoms. The van der Waals surface area contributed by atoms with E-state index in [1.165, 1.54) is 18.1 Å². The van der Waals surface area contributed by atoms with E-state index in [-0.39, 0.29) is 16.9 Å². The molecule has 3 aromatic carbocycles. The molecule has 1 amide bonds. The van der Waals surface area contributed by atoms with Gasteiger partial charge in [-0.1, -0.05) is 49.7 Å². The lowest BCUT2D eigenvalue weighted by Crippen LogP contribution is -2.29. The Labute approximate surface area is 215 Å². The van der Waals surface area contributed by atoms with Crippen molar-refractivity contribution in [3.8, 4) is 11.5 Å². The van der Waals surface area contributed by atoms with Gasteiger partial charge < -0.3 is 14.6 Å². The van der Waals surface area contributed by atoms with E-state index in [4.69, 9.17) is 21.1 Å². The third-order valence-electron chi connectivity index (χ3n) is 5.92. The molecule has 0 radical (unpaired) electrons. The first-order valence-electron chi connectivity index (χ1n) is 11.7. The molecule has 3 aromatic rings. The average molecular weight is 506 g/mol. The van der Waals surface area contributed by atoms with Crippen LogP contribution in [0.1, 0.15) is 36.6 Å². The minimum absolute atomic E-state index is 0.0436. The summed E-state index contributed by atoms with van der Waals surface area (Å²) >= 11 is 6.19. The van der Waals surface area contributed by atoms with Gasteiger partial charge in [-0.25, -0.2) is 0 Å². The van der Waals surface area contributed by atoms with Crippen LogP contribution in [-0.2, 0) is 9.59 Å². The number of rotatable bonds is 7. The smallest absolute Gasteiger partial charge is 0.300 e. The predicted molar refractivity (Wildman–Crippen MR) is 141 cm³/mol. The number of ether oxygens (including phenoxy) is 2. The topological polar surface area (TPSA) is 76.1 Å². The van der Waals surface area contributed by atoms with Crippen molar-refractivity contribution in [1.82, 2.24) is 0 Å². The van der Waals surface area contributed by atoms with Crippen LogP contribution in [0.2, 0.25) is 5.02 Å². The predicted octanol–water partition coefficient (Wildman–Crippen LogP) is 6.32. The largest absolute Gasteiger partial charge is 0.507 e. The summed E-state index contributed by atoms with van der Waals surface area (Å²) in [6.07, 6.45) is 0. The minimum atomic E-state index is -0.866. The Morgan fingerprint density at radius 1 is 1.06 bits per heavy atom. The molecule has 0 aliphatic carbocycles. The number of aryl methyl sites for hydroxylation is 1. The van der Waals surface area contributed by atoms with Gasteiger partial charge >= 0.3 is 0 Å². The number of amides is 1. The van der Waals surface area contributed by atoms with Crippen molar-refractivity contribution < 1.29 is 24.2 Å². The molecule has 1 N–H and O–H groups in total. The van der Waals surface area contributed by atoms with Crippen LogP contribution in [0.3, 0.4) is 0 Å². The number of halogens is 1. The van der Waals surface area contributed by atoms with Crippen LogP contribution in [0.15, 0.2) is 72.3 Å². The highest BCUT2D eigenvalue weighted by atomic mass is 35.5. The molecule has 1 aliphatic heterocycles. The van der Waals surface area contributed by atoms with Crippen LogP contribution in [0.5, 0.6) is 11.5 Å². The van der Waals surface area contributed by atoms with E-state index in [9.17, 15) is 14.7 Å². The Morgan fingerprint density at radius 2 is 1.78 bits per heavy atom. The Morgan fingerprint density at radius 3 is 2.42 bits per heavy atom. The first-order valence-corrected chi connectivity index (χ1v) is 12.0. The maximum absolute atomic E-state index is 13.4. The lowest BCUT2D eigenvalue weighted by molar-refractivity contribution is -0.132. The standard InChI is InChI=1S/C29H28ClNO5/c1-17(2)16-36-22-11-8-19(9-12-22)26-25(27(32)23-15-20(30)10-13-24(23)35-4)28(33)29(34)31(26)21-7-5-6-18(3)14-21/h5-15,17,26,32H,16H2,1-4H3/b27-25+. The Balaban J connectivity index is 1.90. The second-order valence-electron chi connectivity index (χ2n) is 9.13. The van der Waals surface area contributed by atoms with Gasteiger partial charge in [0.15, 0.2) is 0 Å². The maximum Gasteiger partial charge on any atom is 0.300 e. The summed E-state index contributed by atoms with van der Waals surface area (Å²) < 4.78 is 11.2. The molecule has 4 rings (SSSR count). The van der Waals surface area contributed by atoms with Crippen molar-refractivity contribution >= 4 is 34.7 Å². The fourth-order valence-electron chi connectivity index (χ4n) is 4.21. The molecule has 186 valence electrons. The first kappa shape index (κ1) is 25.3. The quantitative estimate of drug-likeness (QED) is 0.231. The number of carbonyl (C=O) groups excluding carboxylic acids is 2. The Hall–Kier alpha value is -3.77. The van der Waals surface area contributed by atoms with E-state index < -0.39 is 17.7 Å². The minimum Gasteiger partial charge on any atom is -0.507 e. The van der Waals surface area contributed by atoms with Crippen LogP contribution in [0, 0.1) is 12.8 Å². The number of anilines is 1. The molecule has 6 nitrogen and oxygen atoms in total. The van der Waals surface area contributed by atoms with Gasteiger partial charge in [-0.2, -0.15) is 0 Å².